The second-order valence-electron chi connectivity index (χ2n) is 3.81. The molecule has 1 rings (SSSR count). The minimum atomic E-state index is -0.381. The van der Waals surface area contributed by atoms with Crippen molar-refractivity contribution in [1.29, 1.82) is 0 Å². The van der Waals surface area contributed by atoms with Crippen molar-refractivity contribution >= 4 is 11.9 Å². The maximum atomic E-state index is 11.5. The maximum absolute atomic E-state index is 11.5. The predicted molar refractivity (Wildman–Crippen MR) is 62.9 cm³/mol. The van der Waals surface area contributed by atoms with Gasteiger partial charge in [0.15, 0.2) is 0 Å². The third kappa shape index (κ3) is 4.26. The van der Waals surface area contributed by atoms with Crippen LogP contribution >= 0.6 is 0 Å². The van der Waals surface area contributed by atoms with Gasteiger partial charge in [0.05, 0.1) is 11.7 Å². The smallest absolute Gasteiger partial charge is 0.338 e. The van der Waals surface area contributed by atoms with Crippen LogP contribution < -0.4 is 4.74 Å². The van der Waals surface area contributed by atoms with E-state index in [-0.39, 0.29) is 18.0 Å². The van der Waals surface area contributed by atoms with Crippen LogP contribution in [0.2, 0.25) is 0 Å². The lowest BCUT2D eigenvalue weighted by molar-refractivity contribution is -0.134. The quantitative estimate of drug-likeness (QED) is 0.595. The first-order valence-electron chi connectivity index (χ1n) is 5.54. The van der Waals surface area contributed by atoms with Gasteiger partial charge in [0.2, 0.25) is 0 Å². The second-order valence-corrected chi connectivity index (χ2v) is 3.81. The summed E-state index contributed by atoms with van der Waals surface area (Å²) >= 11 is 0. The van der Waals surface area contributed by atoms with E-state index in [1.54, 1.807) is 45.0 Å². The molecule has 1 aromatic carbocycles. The van der Waals surface area contributed by atoms with E-state index >= 15 is 0 Å². The van der Waals surface area contributed by atoms with Gasteiger partial charge in [-0.2, -0.15) is 0 Å². The third-order valence-corrected chi connectivity index (χ3v) is 1.95. The second kappa shape index (κ2) is 6.03. The van der Waals surface area contributed by atoms with Gasteiger partial charge in [0, 0.05) is 6.42 Å². The van der Waals surface area contributed by atoms with Gasteiger partial charge >= 0.3 is 11.9 Å². The molecule has 0 heterocycles. The SMILES string of the molecule is CCC(=O)Oc1ccc(C(=O)OC(C)C)cc1. The summed E-state index contributed by atoms with van der Waals surface area (Å²) in [6.07, 6.45) is 0.164. The zero-order valence-electron chi connectivity index (χ0n) is 10.2. The summed E-state index contributed by atoms with van der Waals surface area (Å²) in [7, 11) is 0. The molecule has 0 bridgehead atoms. The number of esters is 2. The van der Waals surface area contributed by atoms with Crippen LogP contribution in [-0.2, 0) is 9.53 Å². The van der Waals surface area contributed by atoms with Gasteiger partial charge in [-0.15, -0.1) is 0 Å². The topological polar surface area (TPSA) is 52.6 Å². The van der Waals surface area contributed by atoms with Gasteiger partial charge in [0.1, 0.15) is 5.75 Å². The molecule has 0 spiro atoms. The van der Waals surface area contributed by atoms with Crippen molar-refractivity contribution in [3.8, 4) is 5.75 Å². The molecule has 0 unspecified atom stereocenters. The summed E-state index contributed by atoms with van der Waals surface area (Å²) < 4.78 is 10.0. The minimum absolute atomic E-state index is 0.153. The normalized spacial score (nSPS) is 10.1. The van der Waals surface area contributed by atoms with Crippen molar-refractivity contribution in [2.24, 2.45) is 0 Å². The lowest BCUT2D eigenvalue weighted by atomic mass is 10.2. The molecular formula is C13H16O4. The minimum Gasteiger partial charge on any atom is -0.459 e. The maximum Gasteiger partial charge on any atom is 0.338 e. The molecule has 0 saturated heterocycles. The Bertz CT molecular complexity index is 392. The summed E-state index contributed by atoms with van der Waals surface area (Å²) in [5.74, 6) is -0.256. The number of carbonyl (C=O) groups is 2. The first-order chi connectivity index (χ1) is 8.02. The Morgan fingerprint density at radius 2 is 1.76 bits per heavy atom. The highest BCUT2D eigenvalue weighted by Gasteiger charge is 2.09. The number of hydrogen-bond donors (Lipinski definition) is 0. The van der Waals surface area contributed by atoms with E-state index in [1.807, 2.05) is 0 Å². The highest BCUT2D eigenvalue weighted by Crippen LogP contribution is 2.14. The molecule has 0 aliphatic heterocycles. The van der Waals surface area contributed by atoms with Crippen LogP contribution in [0, 0.1) is 0 Å². The number of benzene rings is 1. The van der Waals surface area contributed by atoms with Crippen molar-refractivity contribution in [2.45, 2.75) is 33.3 Å². The van der Waals surface area contributed by atoms with Gasteiger partial charge in [0.25, 0.3) is 0 Å². The Morgan fingerprint density at radius 3 is 2.24 bits per heavy atom. The van der Waals surface area contributed by atoms with Crippen LogP contribution in [0.3, 0.4) is 0 Å². The average Bonchev–Trinajstić information content (AvgIpc) is 2.28. The molecular weight excluding hydrogens is 220 g/mol. The fourth-order valence-electron chi connectivity index (χ4n) is 1.14. The summed E-state index contributed by atoms with van der Waals surface area (Å²) in [4.78, 5) is 22.5. The first-order valence-corrected chi connectivity index (χ1v) is 5.54. The fourth-order valence-corrected chi connectivity index (χ4v) is 1.14. The van der Waals surface area contributed by atoms with Crippen LogP contribution in [0.25, 0.3) is 0 Å². The monoisotopic (exact) mass is 236 g/mol. The zero-order valence-corrected chi connectivity index (χ0v) is 10.2. The molecule has 4 nitrogen and oxygen atoms in total. The molecule has 4 heteroatoms. The lowest BCUT2D eigenvalue weighted by Crippen LogP contribution is -2.11. The van der Waals surface area contributed by atoms with E-state index in [2.05, 4.69) is 0 Å². The average molecular weight is 236 g/mol. The van der Waals surface area contributed by atoms with Crippen molar-refractivity contribution in [1.82, 2.24) is 0 Å². The van der Waals surface area contributed by atoms with Crippen molar-refractivity contribution < 1.29 is 19.1 Å². The molecule has 0 radical (unpaired) electrons. The van der Waals surface area contributed by atoms with Gasteiger partial charge in [-0.25, -0.2) is 4.79 Å². The highest BCUT2D eigenvalue weighted by atomic mass is 16.5. The van der Waals surface area contributed by atoms with Gasteiger partial charge in [-0.1, -0.05) is 6.92 Å². The molecule has 0 amide bonds. The standard InChI is InChI=1S/C13H16O4/c1-4-12(14)17-11-7-5-10(6-8-11)13(15)16-9(2)3/h5-9H,4H2,1-3H3. The lowest BCUT2D eigenvalue weighted by Gasteiger charge is -2.08. The van der Waals surface area contributed by atoms with E-state index in [9.17, 15) is 9.59 Å². The molecule has 0 saturated carbocycles. The predicted octanol–water partition coefficient (Wildman–Crippen LogP) is 2.57. The largest absolute Gasteiger partial charge is 0.459 e. The number of ether oxygens (including phenoxy) is 2. The third-order valence-electron chi connectivity index (χ3n) is 1.95. The Labute approximate surface area is 101 Å². The van der Waals surface area contributed by atoms with Gasteiger partial charge in [-0.3, -0.25) is 4.79 Å². The highest BCUT2D eigenvalue weighted by molar-refractivity contribution is 5.89. The van der Waals surface area contributed by atoms with Gasteiger partial charge in [-0.05, 0) is 38.1 Å². The molecule has 0 atom stereocenters. The molecule has 0 fully saturated rings. The van der Waals surface area contributed by atoms with Crippen LogP contribution in [-0.4, -0.2) is 18.0 Å². The first kappa shape index (κ1) is 13.2. The van der Waals surface area contributed by atoms with E-state index in [0.29, 0.717) is 17.7 Å². The number of carbonyl (C=O) groups excluding carboxylic acids is 2. The zero-order chi connectivity index (χ0) is 12.8. The molecule has 1 aromatic rings. The molecule has 92 valence electrons. The summed E-state index contributed by atoms with van der Waals surface area (Å²) in [6, 6.07) is 6.29. The van der Waals surface area contributed by atoms with E-state index < -0.39 is 0 Å². The van der Waals surface area contributed by atoms with E-state index in [1.165, 1.54) is 0 Å². The Kier molecular flexibility index (Phi) is 4.69. The molecule has 0 aliphatic carbocycles. The van der Waals surface area contributed by atoms with Gasteiger partial charge < -0.3 is 9.47 Å². The summed E-state index contributed by atoms with van der Waals surface area (Å²) in [5, 5.41) is 0. The van der Waals surface area contributed by atoms with Crippen molar-refractivity contribution in [2.75, 3.05) is 0 Å². The van der Waals surface area contributed by atoms with E-state index in [0.717, 1.165) is 0 Å². The molecule has 0 N–H and O–H groups in total. The summed E-state index contributed by atoms with van der Waals surface area (Å²) in [5.41, 5.74) is 0.440. The number of hydrogen-bond acceptors (Lipinski definition) is 4. The van der Waals surface area contributed by atoms with Crippen molar-refractivity contribution in [3.63, 3.8) is 0 Å². The summed E-state index contributed by atoms with van der Waals surface area (Å²) in [6.45, 7) is 5.29. The van der Waals surface area contributed by atoms with Crippen LogP contribution in [0.4, 0.5) is 0 Å². The Balaban J connectivity index is 2.67. The molecule has 0 aromatic heterocycles. The van der Waals surface area contributed by atoms with E-state index in [4.69, 9.17) is 9.47 Å². The molecule has 0 aliphatic rings. The van der Waals surface area contributed by atoms with Crippen LogP contribution in [0.15, 0.2) is 24.3 Å². The van der Waals surface area contributed by atoms with Crippen LogP contribution in [0.1, 0.15) is 37.6 Å². The fraction of sp³-hybridized carbons (Fsp3) is 0.385. The Morgan fingerprint density at radius 1 is 1.18 bits per heavy atom. The van der Waals surface area contributed by atoms with Crippen molar-refractivity contribution in [3.05, 3.63) is 29.8 Å². The molecule has 17 heavy (non-hydrogen) atoms. The number of rotatable bonds is 4. The Hall–Kier alpha value is -1.84. The van der Waals surface area contributed by atoms with Crippen LogP contribution in [0.5, 0.6) is 5.75 Å².